The molecule has 8 nitrogen and oxygen atoms in total. The first-order valence-electron chi connectivity index (χ1n) is 11.3. The number of aryl methyl sites for hydroxylation is 2. The van der Waals surface area contributed by atoms with E-state index in [4.69, 9.17) is 4.98 Å². The molecule has 0 radical (unpaired) electrons. The zero-order valence-corrected chi connectivity index (χ0v) is 19.7. The Hall–Kier alpha value is -3.85. The van der Waals surface area contributed by atoms with Gasteiger partial charge in [0, 0.05) is 35.4 Å². The Labute approximate surface area is 200 Å². The molecule has 1 amide bonds. The molecule has 5 heterocycles. The van der Waals surface area contributed by atoms with Crippen LogP contribution >= 0.6 is 11.3 Å². The van der Waals surface area contributed by atoms with Crippen molar-refractivity contribution in [3.05, 3.63) is 82.5 Å². The molecule has 6 rings (SSSR count). The Kier molecular flexibility index (Phi) is 4.99. The van der Waals surface area contributed by atoms with Crippen LogP contribution in [0.5, 0.6) is 0 Å². The Balaban J connectivity index is 1.43. The second-order valence-corrected chi connectivity index (χ2v) is 9.98. The molecule has 1 N–H and O–H groups in total. The van der Waals surface area contributed by atoms with Gasteiger partial charge < -0.3 is 5.32 Å². The summed E-state index contributed by atoms with van der Waals surface area (Å²) >= 11 is 1.70. The van der Waals surface area contributed by atoms with Gasteiger partial charge in [0.15, 0.2) is 5.65 Å². The van der Waals surface area contributed by atoms with Gasteiger partial charge in [-0.1, -0.05) is 11.3 Å². The number of fused-ring (bicyclic) bond motifs is 1. The molecule has 1 aliphatic carbocycles. The smallest absolute Gasteiger partial charge is 0.253 e. The van der Waals surface area contributed by atoms with Crippen LogP contribution in [-0.4, -0.2) is 35.3 Å². The van der Waals surface area contributed by atoms with Gasteiger partial charge in [-0.15, -0.1) is 16.4 Å². The fraction of sp³-hybridized carbons (Fsp3) is 0.240. The minimum absolute atomic E-state index is 0.168. The topological polar surface area (TPSA) is 90.0 Å². The molecule has 0 saturated heterocycles. The molecule has 1 aliphatic rings. The van der Waals surface area contributed by atoms with Crippen LogP contribution in [0.15, 0.2) is 55.1 Å². The number of rotatable bonds is 6. The number of nitrogens with zero attached hydrogens (tertiary/aromatic N) is 6. The van der Waals surface area contributed by atoms with Crippen LogP contribution < -0.4 is 5.32 Å². The van der Waals surface area contributed by atoms with Crippen LogP contribution in [0, 0.1) is 13.8 Å². The Bertz CT molecular complexity index is 1510. The average Bonchev–Trinajstić information content (AvgIpc) is 3.21. The van der Waals surface area contributed by atoms with Gasteiger partial charge in [-0.25, -0.2) is 9.67 Å². The van der Waals surface area contributed by atoms with E-state index in [2.05, 4.69) is 39.7 Å². The fourth-order valence-corrected chi connectivity index (χ4v) is 4.95. The number of hydrogen-bond acceptors (Lipinski definition) is 6. The lowest BCUT2D eigenvalue weighted by molar-refractivity contribution is 0.0950. The molecule has 1 fully saturated rings. The molecule has 1 saturated carbocycles. The lowest BCUT2D eigenvalue weighted by Gasteiger charge is -2.12. The summed E-state index contributed by atoms with van der Waals surface area (Å²) in [6.45, 7) is 4.42. The fourth-order valence-electron chi connectivity index (χ4n) is 4.08. The lowest BCUT2D eigenvalue weighted by atomic mass is 10.2. The van der Waals surface area contributed by atoms with Crippen LogP contribution in [0.25, 0.3) is 21.9 Å². The van der Waals surface area contributed by atoms with Crippen molar-refractivity contribution in [1.29, 1.82) is 0 Å². The molecule has 0 aliphatic heterocycles. The van der Waals surface area contributed by atoms with E-state index in [1.54, 1.807) is 17.5 Å². The van der Waals surface area contributed by atoms with E-state index >= 15 is 0 Å². The second kappa shape index (κ2) is 8.18. The molecule has 0 bridgehead atoms. The third kappa shape index (κ3) is 3.77. The van der Waals surface area contributed by atoms with Crippen molar-refractivity contribution in [2.24, 2.45) is 0 Å². The maximum Gasteiger partial charge on any atom is 0.253 e. The van der Waals surface area contributed by atoms with Gasteiger partial charge in [-0.2, -0.15) is 0 Å². The standard InChI is InChI=1S/C25H23N7OS/c1-15-3-5-17(10-26-15)11-28-25(33)19-9-20(32-21(13-29-30-32)18-6-7-18)24-27-12-22(31(24)14-19)23-8-4-16(2)34-23/h3-5,8-10,12-14,18H,6-7,11H2,1-2H3,(H,28,33). The zero-order valence-electron chi connectivity index (χ0n) is 18.9. The van der Waals surface area contributed by atoms with Crippen molar-refractivity contribution >= 4 is 22.9 Å². The number of carbonyl (C=O) groups excluding carboxylic acids is 1. The summed E-state index contributed by atoms with van der Waals surface area (Å²) in [4.78, 5) is 24.6. The quantitative estimate of drug-likeness (QED) is 0.396. The molecule has 34 heavy (non-hydrogen) atoms. The van der Waals surface area contributed by atoms with E-state index < -0.39 is 0 Å². The van der Waals surface area contributed by atoms with E-state index in [-0.39, 0.29) is 5.91 Å². The number of carbonyl (C=O) groups is 1. The predicted molar refractivity (Wildman–Crippen MR) is 130 cm³/mol. The third-order valence-corrected chi connectivity index (χ3v) is 7.09. The summed E-state index contributed by atoms with van der Waals surface area (Å²) in [5.41, 5.74) is 5.93. The number of aromatic nitrogens is 6. The van der Waals surface area contributed by atoms with Crippen molar-refractivity contribution in [3.63, 3.8) is 0 Å². The highest BCUT2D eigenvalue weighted by Gasteiger charge is 2.29. The third-order valence-electron chi connectivity index (χ3n) is 6.07. The Morgan fingerprint density at radius 3 is 2.74 bits per heavy atom. The first-order valence-corrected chi connectivity index (χ1v) is 12.1. The zero-order chi connectivity index (χ0) is 23.2. The van der Waals surface area contributed by atoms with Crippen LogP contribution in [0.3, 0.4) is 0 Å². The van der Waals surface area contributed by atoms with Crippen LogP contribution in [-0.2, 0) is 6.54 Å². The largest absolute Gasteiger partial charge is 0.348 e. The first kappa shape index (κ1) is 20.7. The van der Waals surface area contributed by atoms with Gasteiger partial charge in [0.25, 0.3) is 5.91 Å². The van der Waals surface area contributed by atoms with E-state index in [0.29, 0.717) is 18.0 Å². The number of hydrogen-bond donors (Lipinski definition) is 1. The van der Waals surface area contributed by atoms with Gasteiger partial charge in [0.05, 0.1) is 34.2 Å². The number of pyridine rings is 2. The molecule has 0 atom stereocenters. The highest BCUT2D eigenvalue weighted by atomic mass is 32.1. The van der Waals surface area contributed by atoms with Crippen LogP contribution in [0.2, 0.25) is 0 Å². The van der Waals surface area contributed by atoms with Crippen molar-refractivity contribution in [1.82, 2.24) is 34.7 Å². The molecular formula is C25H23N7OS. The predicted octanol–water partition coefficient (Wildman–Crippen LogP) is 4.46. The summed E-state index contributed by atoms with van der Waals surface area (Å²) < 4.78 is 3.82. The van der Waals surface area contributed by atoms with Gasteiger partial charge in [-0.05, 0) is 56.5 Å². The first-order chi connectivity index (χ1) is 16.6. The maximum absolute atomic E-state index is 13.2. The minimum atomic E-state index is -0.168. The molecule has 5 aromatic heterocycles. The van der Waals surface area contributed by atoms with Crippen molar-refractivity contribution in [2.45, 2.75) is 39.2 Å². The molecule has 0 spiro atoms. The maximum atomic E-state index is 13.2. The highest BCUT2D eigenvalue weighted by molar-refractivity contribution is 7.15. The molecule has 0 unspecified atom stereocenters. The Morgan fingerprint density at radius 1 is 1.12 bits per heavy atom. The number of imidazole rings is 1. The normalized spacial score (nSPS) is 13.5. The number of thiophene rings is 1. The van der Waals surface area contributed by atoms with Crippen LogP contribution in [0.4, 0.5) is 0 Å². The summed E-state index contributed by atoms with van der Waals surface area (Å²) in [6, 6.07) is 9.95. The van der Waals surface area contributed by atoms with Gasteiger partial charge in [0.2, 0.25) is 0 Å². The van der Waals surface area contributed by atoms with E-state index in [1.165, 1.54) is 4.88 Å². The summed E-state index contributed by atoms with van der Waals surface area (Å²) in [5.74, 6) is 0.287. The van der Waals surface area contributed by atoms with Gasteiger partial charge in [0.1, 0.15) is 5.69 Å². The molecule has 5 aromatic rings. The molecular weight excluding hydrogens is 446 g/mol. The van der Waals surface area contributed by atoms with Crippen LogP contribution in [0.1, 0.15) is 50.9 Å². The Morgan fingerprint density at radius 2 is 2.00 bits per heavy atom. The van der Waals surface area contributed by atoms with E-state index in [0.717, 1.165) is 51.7 Å². The minimum Gasteiger partial charge on any atom is -0.348 e. The van der Waals surface area contributed by atoms with Gasteiger partial charge in [-0.3, -0.25) is 14.2 Å². The second-order valence-electron chi connectivity index (χ2n) is 8.70. The molecule has 9 heteroatoms. The summed E-state index contributed by atoms with van der Waals surface area (Å²) in [7, 11) is 0. The molecule has 170 valence electrons. The van der Waals surface area contributed by atoms with Crippen molar-refractivity contribution < 1.29 is 4.79 Å². The monoisotopic (exact) mass is 469 g/mol. The number of nitrogens with one attached hydrogen (secondary N) is 1. The van der Waals surface area contributed by atoms with Gasteiger partial charge >= 0.3 is 0 Å². The van der Waals surface area contributed by atoms with Crippen molar-refractivity contribution in [2.75, 3.05) is 0 Å². The highest BCUT2D eigenvalue weighted by Crippen LogP contribution is 2.40. The average molecular weight is 470 g/mol. The lowest BCUT2D eigenvalue weighted by Crippen LogP contribution is -2.23. The van der Waals surface area contributed by atoms with E-state index in [9.17, 15) is 4.79 Å². The summed E-state index contributed by atoms with van der Waals surface area (Å²) in [6.07, 6.45) is 9.57. The number of amides is 1. The SMILES string of the molecule is Cc1ccc(CNC(=O)c2cc(-n3nncc3C3CC3)c3ncc(-c4ccc(C)s4)n3c2)cn1. The van der Waals surface area contributed by atoms with E-state index in [1.807, 2.05) is 52.8 Å². The molecule has 0 aromatic carbocycles. The van der Waals surface area contributed by atoms with Crippen molar-refractivity contribution in [3.8, 4) is 16.3 Å². The summed E-state index contributed by atoms with van der Waals surface area (Å²) in [5, 5.41) is 11.5.